The molecule has 0 unspecified atom stereocenters. The molecular formula is C20H26O3. The van der Waals surface area contributed by atoms with Crippen LogP contribution in [0.1, 0.15) is 63.3 Å². The molecule has 0 saturated heterocycles. The van der Waals surface area contributed by atoms with Crippen molar-refractivity contribution >= 4 is 12.0 Å². The Morgan fingerprint density at radius 1 is 1.35 bits per heavy atom. The number of hydrogen-bond donors (Lipinski definition) is 0. The highest BCUT2D eigenvalue weighted by Crippen LogP contribution is 2.40. The van der Waals surface area contributed by atoms with E-state index in [0.29, 0.717) is 5.76 Å². The molecule has 0 fully saturated rings. The van der Waals surface area contributed by atoms with Crippen molar-refractivity contribution in [2.45, 2.75) is 47.0 Å². The molecule has 23 heavy (non-hydrogen) atoms. The topological polar surface area (TPSA) is 39.4 Å². The summed E-state index contributed by atoms with van der Waals surface area (Å²) < 4.78 is 10.1. The maximum absolute atomic E-state index is 11.4. The molecule has 0 aliphatic heterocycles. The molecule has 0 N–H and O–H groups in total. The number of methoxy groups -OCH3 is 1. The predicted molar refractivity (Wildman–Crippen MR) is 93.2 cm³/mol. The maximum atomic E-state index is 11.4. The molecule has 0 radical (unpaired) electrons. The second-order valence-electron chi connectivity index (χ2n) is 6.85. The molecule has 1 aromatic rings. The van der Waals surface area contributed by atoms with Gasteiger partial charge in [-0.1, -0.05) is 31.6 Å². The van der Waals surface area contributed by atoms with Gasteiger partial charge in [0.15, 0.2) is 0 Å². The lowest BCUT2D eigenvalue weighted by atomic mass is 9.72. The van der Waals surface area contributed by atoms with E-state index in [1.165, 1.54) is 37.5 Å². The van der Waals surface area contributed by atoms with Crippen molar-refractivity contribution in [1.29, 1.82) is 0 Å². The summed E-state index contributed by atoms with van der Waals surface area (Å²) in [6.45, 7) is 8.88. The summed E-state index contributed by atoms with van der Waals surface area (Å²) in [6.07, 6.45) is 9.96. The summed E-state index contributed by atoms with van der Waals surface area (Å²) in [5.74, 6) is 0.422. The summed E-state index contributed by atoms with van der Waals surface area (Å²) in [7, 11) is 1.34. The van der Waals surface area contributed by atoms with Gasteiger partial charge < -0.3 is 9.15 Å². The molecule has 3 heteroatoms. The van der Waals surface area contributed by atoms with Gasteiger partial charge in [0.1, 0.15) is 5.76 Å². The average molecular weight is 314 g/mol. The van der Waals surface area contributed by atoms with Gasteiger partial charge in [0, 0.05) is 0 Å². The Kier molecular flexibility index (Phi) is 5.30. The maximum Gasteiger partial charge on any atom is 0.373 e. The molecule has 2 rings (SSSR count). The molecule has 1 heterocycles. The Bertz CT molecular complexity index is 669. The largest absolute Gasteiger partial charge is 0.463 e. The fraction of sp³-hybridized carbons (Fsp3) is 0.450. The Hall–Kier alpha value is -2.03. The van der Waals surface area contributed by atoms with Crippen LogP contribution in [0, 0.1) is 5.41 Å². The lowest BCUT2D eigenvalue weighted by Crippen LogP contribution is -2.19. The number of furan rings is 1. The van der Waals surface area contributed by atoms with Crippen LogP contribution in [0.2, 0.25) is 0 Å². The van der Waals surface area contributed by atoms with E-state index in [0.717, 1.165) is 5.57 Å². The van der Waals surface area contributed by atoms with Crippen LogP contribution in [-0.4, -0.2) is 13.1 Å². The Morgan fingerprint density at radius 3 is 2.74 bits per heavy atom. The highest BCUT2D eigenvalue weighted by Gasteiger charge is 2.26. The second kappa shape index (κ2) is 7.03. The standard InChI is InChI=1S/C20H26O3/c1-14(13-16-9-11-18(23-16)19(21)22-5)8-10-17-15(2)7-6-12-20(17,3)4/h8-11,13H,6-7,12H2,1-5H3/b10-8+,14-13+. The molecule has 1 aliphatic carbocycles. The van der Waals surface area contributed by atoms with Crippen LogP contribution < -0.4 is 0 Å². The molecule has 0 bridgehead atoms. The minimum atomic E-state index is -0.456. The lowest BCUT2D eigenvalue weighted by Gasteiger charge is -2.32. The third-order valence-electron chi connectivity index (χ3n) is 4.44. The zero-order chi connectivity index (χ0) is 17.0. The SMILES string of the molecule is COC(=O)c1ccc(/C=C(C)/C=C/C2=C(C)CCCC2(C)C)o1. The monoisotopic (exact) mass is 314 g/mol. The normalized spacial score (nSPS) is 18.6. The van der Waals surface area contributed by atoms with Crippen LogP contribution in [0.25, 0.3) is 6.08 Å². The number of hydrogen-bond acceptors (Lipinski definition) is 3. The highest BCUT2D eigenvalue weighted by atomic mass is 16.5. The van der Waals surface area contributed by atoms with Gasteiger partial charge in [0.2, 0.25) is 5.76 Å². The van der Waals surface area contributed by atoms with E-state index < -0.39 is 5.97 Å². The average Bonchev–Trinajstić information content (AvgIpc) is 2.93. The Balaban J connectivity index is 2.16. The molecule has 0 spiro atoms. The summed E-state index contributed by atoms with van der Waals surface area (Å²) >= 11 is 0. The number of rotatable bonds is 4. The van der Waals surface area contributed by atoms with E-state index in [1.807, 2.05) is 13.0 Å². The van der Waals surface area contributed by atoms with Crippen LogP contribution in [0.5, 0.6) is 0 Å². The van der Waals surface area contributed by atoms with Gasteiger partial charge in [-0.2, -0.15) is 0 Å². The third kappa shape index (κ3) is 4.25. The van der Waals surface area contributed by atoms with Crippen LogP contribution in [0.15, 0.2) is 45.4 Å². The Morgan fingerprint density at radius 2 is 2.09 bits per heavy atom. The van der Waals surface area contributed by atoms with Gasteiger partial charge in [0.25, 0.3) is 0 Å². The molecule has 0 saturated carbocycles. The summed E-state index contributed by atoms with van der Waals surface area (Å²) in [6, 6.07) is 3.41. The first-order valence-electron chi connectivity index (χ1n) is 8.08. The molecular weight excluding hydrogens is 288 g/mol. The smallest absolute Gasteiger partial charge is 0.373 e. The van der Waals surface area contributed by atoms with E-state index >= 15 is 0 Å². The third-order valence-corrected chi connectivity index (χ3v) is 4.44. The van der Waals surface area contributed by atoms with Gasteiger partial charge in [-0.15, -0.1) is 0 Å². The van der Waals surface area contributed by atoms with Gasteiger partial charge >= 0.3 is 5.97 Å². The fourth-order valence-electron chi connectivity index (χ4n) is 3.14. The zero-order valence-corrected chi connectivity index (χ0v) is 14.7. The van der Waals surface area contributed by atoms with Gasteiger partial charge in [-0.05, 0) is 67.9 Å². The van der Waals surface area contributed by atoms with E-state index in [4.69, 9.17) is 4.42 Å². The van der Waals surface area contributed by atoms with E-state index in [2.05, 4.69) is 37.7 Å². The quantitative estimate of drug-likeness (QED) is 0.540. The van der Waals surface area contributed by atoms with E-state index in [1.54, 1.807) is 12.1 Å². The molecule has 0 aromatic carbocycles. The van der Waals surface area contributed by atoms with Crippen LogP contribution in [0.4, 0.5) is 0 Å². The molecule has 3 nitrogen and oxygen atoms in total. The van der Waals surface area contributed by atoms with Gasteiger partial charge in [0.05, 0.1) is 7.11 Å². The van der Waals surface area contributed by atoms with E-state index in [-0.39, 0.29) is 11.2 Å². The van der Waals surface area contributed by atoms with Crippen molar-refractivity contribution < 1.29 is 13.9 Å². The molecule has 124 valence electrons. The van der Waals surface area contributed by atoms with Crippen molar-refractivity contribution in [3.05, 3.63) is 52.5 Å². The number of carbonyl (C=O) groups excluding carboxylic acids is 1. The second-order valence-corrected chi connectivity index (χ2v) is 6.85. The van der Waals surface area contributed by atoms with Crippen molar-refractivity contribution in [2.24, 2.45) is 5.41 Å². The zero-order valence-electron chi connectivity index (χ0n) is 14.7. The summed E-state index contributed by atoms with van der Waals surface area (Å²) in [5, 5.41) is 0. The minimum absolute atomic E-state index is 0.225. The fourth-order valence-corrected chi connectivity index (χ4v) is 3.14. The number of esters is 1. The number of ether oxygens (including phenoxy) is 1. The first kappa shape index (κ1) is 17.3. The van der Waals surface area contributed by atoms with Gasteiger partial charge in [-0.25, -0.2) is 4.79 Å². The van der Waals surface area contributed by atoms with Crippen LogP contribution >= 0.6 is 0 Å². The first-order chi connectivity index (χ1) is 10.8. The van der Waals surface area contributed by atoms with Crippen LogP contribution in [0.3, 0.4) is 0 Å². The van der Waals surface area contributed by atoms with Crippen molar-refractivity contribution in [3.63, 3.8) is 0 Å². The van der Waals surface area contributed by atoms with Crippen molar-refractivity contribution in [3.8, 4) is 0 Å². The van der Waals surface area contributed by atoms with Crippen molar-refractivity contribution in [2.75, 3.05) is 7.11 Å². The molecule has 1 aliphatic rings. The Labute approximate surface area is 138 Å². The minimum Gasteiger partial charge on any atom is -0.463 e. The predicted octanol–water partition coefficient (Wildman–Crippen LogP) is 5.55. The molecule has 0 amide bonds. The highest BCUT2D eigenvalue weighted by molar-refractivity contribution is 5.86. The summed E-state index contributed by atoms with van der Waals surface area (Å²) in [4.78, 5) is 11.4. The molecule has 1 aromatic heterocycles. The van der Waals surface area contributed by atoms with Crippen LogP contribution in [-0.2, 0) is 4.74 Å². The molecule has 0 atom stereocenters. The summed E-state index contributed by atoms with van der Waals surface area (Å²) in [5.41, 5.74) is 4.24. The lowest BCUT2D eigenvalue weighted by molar-refractivity contribution is 0.0564. The number of allylic oxidation sites excluding steroid dienone is 5. The number of carbonyl (C=O) groups is 1. The van der Waals surface area contributed by atoms with Crippen molar-refractivity contribution in [1.82, 2.24) is 0 Å². The van der Waals surface area contributed by atoms with Gasteiger partial charge in [-0.3, -0.25) is 0 Å². The van der Waals surface area contributed by atoms with E-state index in [9.17, 15) is 4.79 Å². The first-order valence-corrected chi connectivity index (χ1v) is 8.08.